The van der Waals surface area contributed by atoms with Crippen LogP contribution in [0.4, 0.5) is 0 Å². The molecule has 0 aromatic heterocycles. The summed E-state index contributed by atoms with van der Waals surface area (Å²) in [5.74, 6) is -1.05. The van der Waals surface area contributed by atoms with Gasteiger partial charge in [-0.1, -0.05) is 0 Å². The predicted octanol–water partition coefficient (Wildman–Crippen LogP) is -1.89. The van der Waals surface area contributed by atoms with Crippen LogP contribution in [0.1, 0.15) is 6.92 Å². The maximum Gasteiger partial charge on any atom is 0.329 e. The summed E-state index contributed by atoms with van der Waals surface area (Å²) in [6.07, 6.45) is 0. The van der Waals surface area contributed by atoms with Gasteiger partial charge in [0.2, 0.25) is 11.8 Å². The Morgan fingerprint density at radius 3 is 2.70 bits per heavy atom. The van der Waals surface area contributed by atoms with Crippen molar-refractivity contribution in [2.45, 2.75) is 19.0 Å². The molecule has 1 rings (SSSR count). The fraction of sp³-hybridized carbons (Fsp3) is 0.750. The van der Waals surface area contributed by atoms with Gasteiger partial charge in [-0.3, -0.25) is 14.5 Å². The molecule has 1 saturated heterocycles. The van der Waals surface area contributed by atoms with Gasteiger partial charge in [0.1, 0.15) is 12.1 Å². The van der Waals surface area contributed by atoms with Gasteiger partial charge >= 0.3 is 5.97 Å². The second-order valence-corrected chi connectivity index (χ2v) is 4.48. The van der Waals surface area contributed by atoms with Gasteiger partial charge in [0.25, 0.3) is 0 Å². The molecule has 0 spiro atoms. The first kappa shape index (κ1) is 16.4. The van der Waals surface area contributed by atoms with E-state index in [4.69, 9.17) is 4.74 Å². The van der Waals surface area contributed by atoms with Gasteiger partial charge < -0.3 is 20.1 Å². The minimum Gasteiger partial charge on any atom is -0.467 e. The molecule has 2 unspecified atom stereocenters. The summed E-state index contributed by atoms with van der Waals surface area (Å²) in [5, 5.41) is 5.09. The second kappa shape index (κ2) is 7.81. The minimum absolute atomic E-state index is 0.184. The van der Waals surface area contributed by atoms with Crippen molar-refractivity contribution in [1.82, 2.24) is 15.5 Å². The molecular weight excluding hydrogens is 266 g/mol. The third-order valence-corrected chi connectivity index (χ3v) is 3.07. The van der Waals surface area contributed by atoms with E-state index in [1.54, 1.807) is 11.9 Å². The van der Waals surface area contributed by atoms with E-state index in [2.05, 4.69) is 15.4 Å². The highest BCUT2D eigenvalue weighted by Gasteiger charge is 2.33. The van der Waals surface area contributed by atoms with Gasteiger partial charge in [0.05, 0.1) is 20.3 Å². The van der Waals surface area contributed by atoms with E-state index < -0.39 is 18.1 Å². The number of nitrogens with one attached hydrogen (secondary N) is 2. The fourth-order valence-electron chi connectivity index (χ4n) is 2.07. The summed E-state index contributed by atoms with van der Waals surface area (Å²) in [6, 6.07) is -1.28. The molecule has 8 nitrogen and oxygen atoms in total. The average molecular weight is 287 g/mol. The largest absolute Gasteiger partial charge is 0.467 e. The molecule has 1 heterocycles. The molecule has 0 saturated carbocycles. The van der Waals surface area contributed by atoms with Crippen LogP contribution in [0.25, 0.3) is 0 Å². The topological polar surface area (TPSA) is 97.0 Å². The molecule has 114 valence electrons. The van der Waals surface area contributed by atoms with Crippen LogP contribution >= 0.6 is 0 Å². The van der Waals surface area contributed by atoms with E-state index in [9.17, 15) is 14.4 Å². The Morgan fingerprint density at radius 1 is 1.45 bits per heavy atom. The summed E-state index contributed by atoms with van der Waals surface area (Å²) < 4.78 is 9.94. The van der Waals surface area contributed by atoms with Crippen molar-refractivity contribution >= 4 is 17.8 Å². The van der Waals surface area contributed by atoms with E-state index in [0.29, 0.717) is 13.2 Å². The van der Waals surface area contributed by atoms with Crippen molar-refractivity contribution < 1.29 is 23.9 Å². The van der Waals surface area contributed by atoms with Crippen LogP contribution < -0.4 is 10.6 Å². The Hall–Kier alpha value is -1.67. The summed E-state index contributed by atoms with van der Waals surface area (Å²) >= 11 is 0. The van der Waals surface area contributed by atoms with E-state index in [0.717, 1.165) is 0 Å². The van der Waals surface area contributed by atoms with Gasteiger partial charge in [-0.15, -0.1) is 0 Å². The lowest BCUT2D eigenvalue weighted by Crippen LogP contribution is -2.58. The summed E-state index contributed by atoms with van der Waals surface area (Å²) in [5.41, 5.74) is 0. The molecule has 8 heteroatoms. The molecule has 2 atom stereocenters. The van der Waals surface area contributed by atoms with Crippen molar-refractivity contribution in [3.63, 3.8) is 0 Å². The first-order valence-corrected chi connectivity index (χ1v) is 6.38. The third-order valence-electron chi connectivity index (χ3n) is 3.07. The monoisotopic (exact) mass is 287 g/mol. The van der Waals surface area contributed by atoms with E-state index in [1.165, 1.54) is 14.0 Å². The van der Waals surface area contributed by atoms with Crippen LogP contribution in [0.15, 0.2) is 0 Å². The maximum absolute atomic E-state index is 11.8. The van der Waals surface area contributed by atoms with Crippen LogP contribution in [0, 0.1) is 0 Å². The zero-order valence-corrected chi connectivity index (χ0v) is 12.0. The number of carbonyl (C=O) groups is 3. The summed E-state index contributed by atoms with van der Waals surface area (Å²) in [6.45, 7) is 2.76. The minimum atomic E-state index is -0.803. The van der Waals surface area contributed by atoms with Gasteiger partial charge in [-0.25, -0.2) is 4.79 Å². The molecule has 0 radical (unpaired) electrons. The number of likely N-dealkylation sites (N-methyl/N-ethyl adjacent to an activating group) is 1. The number of esters is 1. The molecular formula is C12H21N3O5. The van der Waals surface area contributed by atoms with Crippen LogP contribution in [-0.4, -0.2) is 75.2 Å². The standard InChI is InChI=1S/C12H21N3O5/c1-8(16)14-9(12(18)19-3)6-15-4-5-20-7-10(15)11(17)13-2/h9-10H,4-7H2,1-3H3,(H,13,17)(H,14,16). The number of hydrogen-bond donors (Lipinski definition) is 2. The summed E-state index contributed by atoms with van der Waals surface area (Å²) in [7, 11) is 2.80. The highest BCUT2D eigenvalue weighted by molar-refractivity contribution is 5.84. The highest BCUT2D eigenvalue weighted by atomic mass is 16.5. The number of nitrogens with zero attached hydrogens (tertiary/aromatic N) is 1. The van der Waals surface area contributed by atoms with E-state index in [-0.39, 0.29) is 25.0 Å². The number of morpholine rings is 1. The first-order valence-electron chi connectivity index (χ1n) is 6.38. The SMILES string of the molecule is CNC(=O)C1COCCN1CC(NC(C)=O)C(=O)OC. The van der Waals surface area contributed by atoms with Crippen molar-refractivity contribution in [3.8, 4) is 0 Å². The smallest absolute Gasteiger partial charge is 0.329 e. The molecule has 2 N–H and O–H groups in total. The predicted molar refractivity (Wildman–Crippen MR) is 69.9 cm³/mol. The Bertz CT molecular complexity index is 374. The van der Waals surface area contributed by atoms with Gasteiger partial charge in [0.15, 0.2) is 0 Å². The molecule has 1 aliphatic rings. The zero-order chi connectivity index (χ0) is 15.1. The average Bonchev–Trinajstić information content (AvgIpc) is 2.45. The number of amides is 2. The number of rotatable bonds is 5. The number of ether oxygens (including phenoxy) is 2. The van der Waals surface area contributed by atoms with Crippen molar-refractivity contribution in [1.29, 1.82) is 0 Å². The molecule has 20 heavy (non-hydrogen) atoms. The van der Waals surface area contributed by atoms with E-state index >= 15 is 0 Å². The Balaban J connectivity index is 2.75. The first-order chi connectivity index (χ1) is 9.49. The fourth-order valence-corrected chi connectivity index (χ4v) is 2.07. The summed E-state index contributed by atoms with van der Waals surface area (Å²) in [4.78, 5) is 36.4. The molecule has 0 aromatic rings. The highest BCUT2D eigenvalue weighted by Crippen LogP contribution is 2.08. The lowest BCUT2D eigenvalue weighted by molar-refractivity contribution is -0.147. The van der Waals surface area contributed by atoms with Gasteiger partial charge in [-0.2, -0.15) is 0 Å². The molecule has 0 aliphatic carbocycles. The molecule has 0 bridgehead atoms. The van der Waals surface area contributed by atoms with Crippen molar-refractivity contribution in [2.75, 3.05) is 40.5 Å². The zero-order valence-electron chi connectivity index (χ0n) is 12.0. The Kier molecular flexibility index (Phi) is 6.40. The second-order valence-electron chi connectivity index (χ2n) is 4.48. The molecule has 2 amide bonds. The molecule has 1 aliphatic heterocycles. The van der Waals surface area contributed by atoms with Crippen LogP contribution in [0.2, 0.25) is 0 Å². The molecule has 0 aromatic carbocycles. The lowest BCUT2D eigenvalue weighted by atomic mass is 10.1. The van der Waals surface area contributed by atoms with Crippen LogP contribution in [0.3, 0.4) is 0 Å². The third kappa shape index (κ3) is 4.46. The van der Waals surface area contributed by atoms with Crippen molar-refractivity contribution in [3.05, 3.63) is 0 Å². The van der Waals surface area contributed by atoms with Gasteiger partial charge in [-0.05, 0) is 0 Å². The normalized spacial score (nSPS) is 20.9. The van der Waals surface area contributed by atoms with Crippen LogP contribution in [-0.2, 0) is 23.9 Å². The Morgan fingerprint density at radius 2 is 2.15 bits per heavy atom. The Labute approximate surface area is 117 Å². The van der Waals surface area contributed by atoms with Crippen molar-refractivity contribution in [2.24, 2.45) is 0 Å². The molecule has 1 fully saturated rings. The van der Waals surface area contributed by atoms with Gasteiger partial charge in [0, 0.05) is 27.1 Å². The number of hydrogen-bond acceptors (Lipinski definition) is 6. The van der Waals surface area contributed by atoms with Crippen LogP contribution in [0.5, 0.6) is 0 Å². The lowest BCUT2D eigenvalue weighted by Gasteiger charge is -2.35. The quantitative estimate of drug-likeness (QED) is 0.574. The maximum atomic E-state index is 11.8. The number of methoxy groups -OCH3 is 1. The number of carbonyl (C=O) groups excluding carboxylic acids is 3. The van der Waals surface area contributed by atoms with E-state index in [1.807, 2.05) is 0 Å².